The molecule has 0 fully saturated rings. The molecule has 0 aliphatic carbocycles. The molecule has 1 amide bonds. The second kappa shape index (κ2) is 10.4. The van der Waals surface area contributed by atoms with Crippen molar-refractivity contribution in [1.82, 2.24) is 9.88 Å². The quantitative estimate of drug-likeness (QED) is 0.457. The van der Waals surface area contributed by atoms with Crippen LogP contribution in [-0.4, -0.2) is 42.1 Å². The highest BCUT2D eigenvalue weighted by atomic mass is 19.1. The highest BCUT2D eigenvalue weighted by molar-refractivity contribution is 5.88. The molecule has 0 bridgehead atoms. The SMILES string of the molecule is COC(=O)c1ccc(F)c(-c2c(F)cc(C3=CCN(C(=O)OCc4ccccc4)CC3)cc2F)n1. The number of rotatable bonds is 5. The van der Waals surface area contributed by atoms with Crippen molar-refractivity contribution in [3.8, 4) is 11.3 Å². The fourth-order valence-corrected chi connectivity index (χ4v) is 3.73. The summed E-state index contributed by atoms with van der Waals surface area (Å²) in [4.78, 5) is 29.3. The van der Waals surface area contributed by atoms with E-state index in [4.69, 9.17) is 4.74 Å². The standard InChI is InChI=1S/C26H21F3N2O4/c1-34-25(32)22-8-7-19(27)24(30-22)23-20(28)13-18(14-21(23)29)17-9-11-31(12-10-17)26(33)35-15-16-5-3-2-4-6-16/h2-9,13-14H,10-12,15H2,1H3. The number of esters is 1. The molecule has 1 aliphatic heterocycles. The Kier molecular flexibility index (Phi) is 7.14. The first-order valence-corrected chi connectivity index (χ1v) is 10.8. The van der Waals surface area contributed by atoms with Crippen LogP contribution in [0.1, 0.15) is 28.0 Å². The van der Waals surface area contributed by atoms with Gasteiger partial charge in [-0.05, 0) is 47.4 Å². The number of benzene rings is 2. The molecular weight excluding hydrogens is 461 g/mol. The van der Waals surface area contributed by atoms with Gasteiger partial charge in [0, 0.05) is 13.1 Å². The van der Waals surface area contributed by atoms with Crippen LogP contribution in [0.2, 0.25) is 0 Å². The van der Waals surface area contributed by atoms with Crippen molar-refractivity contribution in [2.75, 3.05) is 20.2 Å². The molecule has 0 spiro atoms. The molecule has 0 N–H and O–H groups in total. The van der Waals surface area contributed by atoms with E-state index < -0.39 is 40.8 Å². The molecular formula is C26H21F3N2O4. The number of nitrogens with zero attached hydrogens (tertiary/aromatic N) is 2. The van der Waals surface area contributed by atoms with Crippen LogP contribution in [0.4, 0.5) is 18.0 Å². The van der Waals surface area contributed by atoms with E-state index in [1.807, 2.05) is 30.3 Å². The molecule has 1 aliphatic rings. The van der Waals surface area contributed by atoms with Gasteiger partial charge in [0.05, 0.1) is 12.7 Å². The molecule has 0 atom stereocenters. The third kappa shape index (κ3) is 5.34. The fraction of sp³-hybridized carbons (Fsp3) is 0.192. The summed E-state index contributed by atoms with van der Waals surface area (Å²) in [5.74, 6) is -3.90. The van der Waals surface area contributed by atoms with Crippen LogP contribution >= 0.6 is 0 Å². The van der Waals surface area contributed by atoms with Crippen molar-refractivity contribution in [3.63, 3.8) is 0 Å². The molecule has 0 saturated heterocycles. The normalized spacial score (nSPS) is 13.3. The number of carbonyl (C=O) groups excluding carboxylic acids is 2. The van der Waals surface area contributed by atoms with Gasteiger partial charge in [0.15, 0.2) is 0 Å². The predicted molar refractivity (Wildman–Crippen MR) is 122 cm³/mol. The molecule has 6 nitrogen and oxygen atoms in total. The van der Waals surface area contributed by atoms with Gasteiger partial charge in [-0.25, -0.2) is 27.7 Å². The van der Waals surface area contributed by atoms with Gasteiger partial charge >= 0.3 is 12.1 Å². The van der Waals surface area contributed by atoms with Crippen molar-refractivity contribution < 1.29 is 32.2 Å². The van der Waals surface area contributed by atoms with E-state index >= 15 is 0 Å². The highest BCUT2D eigenvalue weighted by Gasteiger charge is 2.24. The van der Waals surface area contributed by atoms with E-state index in [-0.39, 0.29) is 24.4 Å². The Balaban J connectivity index is 1.50. The van der Waals surface area contributed by atoms with Gasteiger partial charge in [-0.1, -0.05) is 36.4 Å². The van der Waals surface area contributed by atoms with Gasteiger partial charge in [0.2, 0.25) is 0 Å². The summed E-state index contributed by atoms with van der Waals surface area (Å²) in [5, 5.41) is 0. The molecule has 0 radical (unpaired) electrons. The minimum Gasteiger partial charge on any atom is -0.464 e. The molecule has 180 valence electrons. The second-order valence-electron chi connectivity index (χ2n) is 7.80. The highest BCUT2D eigenvalue weighted by Crippen LogP contribution is 2.32. The summed E-state index contributed by atoms with van der Waals surface area (Å²) in [7, 11) is 1.12. The number of aromatic nitrogens is 1. The van der Waals surface area contributed by atoms with Crippen LogP contribution in [-0.2, 0) is 16.1 Å². The Morgan fingerprint density at radius 2 is 1.71 bits per heavy atom. The van der Waals surface area contributed by atoms with Crippen molar-refractivity contribution in [2.45, 2.75) is 13.0 Å². The molecule has 0 saturated carbocycles. The van der Waals surface area contributed by atoms with Crippen LogP contribution < -0.4 is 0 Å². The Hall–Kier alpha value is -4.14. The number of methoxy groups -OCH3 is 1. The van der Waals surface area contributed by atoms with Gasteiger partial charge in [0.1, 0.15) is 35.4 Å². The van der Waals surface area contributed by atoms with Gasteiger partial charge in [-0.15, -0.1) is 0 Å². The lowest BCUT2D eigenvalue weighted by Gasteiger charge is -2.26. The van der Waals surface area contributed by atoms with Gasteiger partial charge in [-0.2, -0.15) is 0 Å². The summed E-state index contributed by atoms with van der Waals surface area (Å²) in [6.07, 6.45) is 1.56. The summed E-state index contributed by atoms with van der Waals surface area (Å²) >= 11 is 0. The van der Waals surface area contributed by atoms with Crippen molar-refractivity contribution in [2.24, 2.45) is 0 Å². The molecule has 2 aromatic carbocycles. The Bertz CT molecular complexity index is 1270. The van der Waals surface area contributed by atoms with Crippen LogP contribution in [0.5, 0.6) is 0 Å². The molecule has 4 rings (SSSR count). The maximum absolute atomic E-state index is 14.9. The first-order chi connectivity index (χ1) is 16.9. The molecule has 35 heavy (non-hydrogen) atoms. The van der Waals surface area contributed by atoms with E-state index in [1.165, 1.54) is 4.90 Å². The van der Waals surface area contributed by atoms with Crippen LogP contribution in [0, 0.1) is 17.5 Å². The zero-order valence-electron chi connectivity index (χ0n) is 18.8. The Morgan fingerprint density at radius 3 is 2.34 bits per heavy atom. The number of amides is 1. The van der Waals surface area contributed by atoms with Crippen LogP contribution in [0.15, 0.2) is 60.7 Å². The summed E-state index contributed by atoms with van der Waals surface area (Å²) < 4.78 is 54.0. The van der Waals surface area contributed by atoms with Crippen molar-refractivity contribution >= 4 is 17.6 Å². The number of pyridine rings is 1. The number of carbonyl (C=O) groups is 2. The smallest absolute Gasteiger partial charge is 0.410 e. The summed E-state index contributed by atoms with van der Waals surface area (Å²) in [6, 6.07) is 13.4. The van der Waals surface area contributed by atoms with Gasteiger partial charge in [0.25, 0.3) is 0 Å². The Morgan fingerprint density at radius 1 is 1.00 bits per heavy atom. The Labute approximate surface area is 199 Å². The fourth-order valence-electron chi connectivity index (χ4n) is 3.73. The lowest BCUT2D eigenvalue weighted by Crippen LogP contribution is -2.35. The summed E-state index contributed by atoms with van der Waals surface area (Å²) in [6.45, 7) is 0.666. The molecule has 1 aromatic heterocycles. The van der Waals surface area contributed by atoms with E-state index in [9.17, 15) is 22.8 Å². The number of hydrogen-bond acceptors (Lipinski definition) is 5. The van der Waals surface area contributed by atoms with Crippen LogP contribution in [0.3, 0.4) is 0 Å². The third-order valence-corrected chi connectivity index (χ3v) is 5.56. The molecule has 2 heterocycles. The minimum atomic E-state index is -1.03. The van der Waals surface area contributed by atoms with Gasteiger partial charge < -0.3 is 14.4 Å². The second-order valence-corrected chi connectivity index (χ2v) is 7.80. The topological polar surface area (TPSA) is 68.7 Å². The largest absolute Gasteiger partial charge is 0.464 e. The maximum Gasteiger partial charge on any atom is 0.410 e. The average Bonchev–Trinajstić information content (AvgIpc) is 2.88. The number of halogens is 3. The van der Waals surface area contributed by atoms with E-state index in [1.54, 1.807) is 6.08 Å². The lowest BCUT2D eigenvalue weighted by molar-refractivity contribution is 0.0594. The number of ether oxygens (including phenoxy) is 2. The van der Waals surface area contributed by atoms with Crippen molar-refractivity contribution in [1.29, 1.82) is 0 Å². The predicted octanol–water partition coefficient (Wildman–Crippen LogP) is 5.38. The first kappa shape index (κ1) is 24.0. The molecule has 9 heteroatoms. The minimum absolute atomic E-state index is 0.145. The lowest BCUT2D eigenvalue weighted by atomic mass is 9.96. The zero-order valence-corrected chi connectivity index (χ0v) is 18.8. The number of hydrogen-bond donors (Lipinski definition) is 0. The maximum atomic E-state index is 14.9. The first-order valence-electron chi connectivity index (χ1n) is 10.8. The summed E-state index contributed by atoms with van der Waals surface area (Å²) in [5.41, 5.74) is 0.187. The van der Waals surface area contributed by atoms with E-state index in [0.29, 0.717) is 18.5 Å². The van der Waals surface area contributed by atoms with Crippen LogP contribution in [0.25, 0.3) is 16.8 Å². The van der Waals surface area contributed by atoms with E-state index in [0.717, 1.165) is 36.9 Å². The average molecular weight is 482 g/mol. The van der Waals surface area contributed by atoms with E-state index in [2.05, 4.69) is 9.72 Å². The zero-order chi connectivity index (χ0) is 24.9. The molecule has 3 aromatic rings. The van der Waals surface area contributed by atoms with Gasteiger partial charge in [-0.3, -0.25) is 0 Å². The molecule has 0 unspecified atom stereocenters. The third-order valence-electron chi connectivity index (χ3n) is 5.56. The monoisotopic (exact) mass is 482 g/mol. The van der Waals surface area contributed by atoms with Crippen molar-refractivity contribution in [3.05, 3.63) is 94.9 Å².